The first-order valence-corrected chi connectivity index (χ1v) is 10.9. The van der Waals surface area contributed by atoms with E-state index in [0.717, 1.165) is 22.3 Å². The summed E-state index contributed by atoms with van der Waals surface area (Å²) in [4.78, 5) is 25.2. The smallest absolute Gasteiger partial charge is 0.331 e. The fourth-order valence-corrected chi connectivity index (χ4v) is 3.52. The monoisotopic (exact) mass is 407 g/mol. The lowest BCUT2D eigenvalue weighted by molar-refractivity contribution is -0.136. The Balaban J connectivity index is 1.79. The Bertz CT molecular complexity index is 927. The number of sulfonamides is 1. The normalized spacial score (nSPS) is 11.6. The summed E-state index contributed by atoms with van der Waals surface area (Å²) in [6.45, 7) is 1.91. The number of nitrogens with one attached hydrogen (secondary N) is 1. The minimum atomic E-state index is -3.23. The lowest BCUT2D eigenvalue weighted by atomic mass is 10.1. The van der Waals surface area contributed by atoms with E-state index in [1.54, 1.807) is 18.2 Å². The number of carbonyl (C=O) groups excluding carboxylic acids is 2. The molecular formula is C19H21NO5S2. The van der Waals surface area contributed by atoms with Gasteiger partial charge in [0.05, 0.1) is 11.1 Å². The first kappa shape index (κ1) is 21.0. The van der Waals surface area contributed by atoms with E-state index in [1.165, 1.54) is 17.4 Å². The molecule has 1 aromatic carbocycles. The molecule has 2 aromatic rings. The highest BCUT2D eigenvalue weighted by molar-refractivity contribution is 7.88. The molecule has 0 spiro atoms. The molecule has 2 rings (SSSR count). The number of hydrogen-bond donors (Lipinski definition) is 1. The van der Waals surface area contributed by atoms with Gasteiger partial charge in [-0.2, -0.15) is 0 Å². The maximum Gasteiger partial charge on any atom is 0.331 e. The predicted molar refractivity (Wildman–Crippen MR) is 106 cm³/mol. The summed E-state index contributed by atoms with van der Waals surface area (Å²) in [5, 5.41) is 0. The zero-order chi connectivity index (χ0) is 19.9. The SMILES string of the molecule is Cc1ccc(/C=C/C(=O)OCC(=O)c2ccc(CCNS(C)(=O)=O)s2)cc1. The van der Waals surface area contributed by atoms with Gasteiger partial charge in [-0.3, -0.25) is 4.79 Å². The van der Waals surface area contributed by atoms with Crippen LogP contribution in [0.3, 0.4) is 0 Å². The van der Waals surface area contributed by atoms with Crippen LogP contribution in [0.1, 0.15) is 25.7 Å². The molecule has 144 valence electrons. The topological polar surface area (TPSA) is 89.5 Å². The standard InChI is InChI=1S/C19H21NO5S2/c1-14-3-5-15(6-4-14)7-10-19(22)25-13-17(21)18-9-8-16(26-18)11-12-20-27(2,23)24/h3-10,20H,11-13H2,1-2H3/b10-7+. The third-order valence-electron chi connectivity index (χ3n) is 3.51. The van der Waals surface area contributed by atoms with Gasteiger partial charge < -0.3 is 4.74 Å². The molecule has 1 aromatic heterocycles. The summed E-state index contributed by atoms with van der Waals surface area (Å²) in [6, 6.07) is 11.1. The molecule has 0 aliphatic carbocycles. The Labute approximate surface area is 162 Å². The quantitative estimate of drug-likeness (QED) is 0.392. The molecule has 0 radical (unpaired) electrons. The van der Waals surface area contributed by atoms with Crippen LogP contribution < -0.4 is 4.72 Å². The van der Waals surface area contributed by atoms with Crippen molar-refractivity contribution in [2.45, 2.75) is 13.3 Å². The Morgan fingerprint density at radius 3 is 2.52 bits per heavy atom. The van der Waals surface area contributed by atoms with E-state index in [2.05, 4.69) is 4.72 Å². The minimum Gasteiger partial charge on any atom is -0.454 e. The van der Waals surface area contributed by atoms with Gasteiger partial charge in [0.15, 0.2) is 6.61 Å². The molecule has 0 aliphatic rings. The molecule has 0 unspecified atom stereocenters. The Hall–Kier alpha value is -2.29. The highest BCUT2D eigenvalue weighted by Gasteiger charge is 2.12. The number of benzene rings is 1. The van der Waals surface area contributed by atoms with Crippen LogP contribution in [0.25, 0.3) is 6.08 Å². The van der Waals surface area contributed by atoms with Gasteiger partial charge in [0, 0.05) is 17.5 Å². The second kappa shape index (κ2) is 9.59. The number of hydrogen-bond acceptors (Lipinski definition) is 6. The van der Waals surface area contributed by atoms with Crippen LogP contribution in [-0.4, -0.2) is 39.6 Å². The summed E-state index contributed by atoms with van der Waals surface area (Å²) in [7, 11) is -3.23. The van der Waals surface area contributed by atoms with E-state index in [9.17, 15) is 18.0 Å². The number of Topliss-reactive ketones (excluding diaryl/α,β-unsaturated/α-hetero) is 1. The second-order valence-electron chi connectivity index (χ2n) is 5.96. The number of aryl methyl sites for hydroxylation is 1. The van der Waals surface area contributed by atoms with Gasteiger partial charge in [-0.1, -0.05) is 29.8 Å². The van der Waals surface area contributed by atoms with Crippen molar-refractivity contribution in [1.29, 1.82) is 0 Å². The maximum atomic E-state index is 12.1. The van der Waals surface area contributed by atoms with Gasteiger partial charge in [0.2, 0.25) is 15.8 Å². The van der Waals surface area contributed by atoms with Crippen LogP contribution >= 0.6 is 11.3 Å². The van der Waals surface area contributed by atoms with Crippen LogP contribution in [0.2, 0.25) is 0 Å². The number of ether oxygens (including phenoxy) is 1. The highest BCUT2D eigenvalue weighted by atomic mass is 32.2. The summed E-state index contributed by atoms with van der Waals surface area (Å²) in [6.07, 6.45) is 4.50. The van der Waals surface area contributed by atoms with Crippen LogP contribution in [0.4, 0.5) is 0 Å². The number of rotatable bonds is 9. The average Bonchev–Trinajstić information content (AvgIpc) is 3.07. The van der Waals surface area contributed by atoms with Crippen molar-refractivity contribution in [2.24, 2.45) is 0 Å². The molecule has 0 atom stereocenters. The third kappa shape index (κ3) is 7.86. The predicted octanol–water partition coefficient (Wildman–Crippen LogP) is 2.59. The van der Waals surface area contributed by atoms with Gasteiger partial charge in [0.1, 0.15) is 0 Å². The van der Waals surface area contributed by atoms with E-state index in [4.69, 9.17) is 4.74 Å². The molecule has 0 aliphatic heterocycles. The number of esters is 1. The Morgan fingerprint density at radius 2 is 1.85 bits per heavy atom. The van der Waals surface area contributed by atoms with Gasteiger partial charge in [-0.05, 0) is 37.1 Å². The highest BCUT2D eigenvalue weighted by Crippen LogP contribution is 2.17. The van der Waals surface area contributed by atoms with Crippen LogP contribution in [0.5, 0.6) is 0 Å². The van der Waals surface area contributed by atoms with E-state index in [0.29, 0.717) is 11.3 Å². The molecule has 0 saturated heterocycles. The van der Waals surface area contributed by atoms with Crippen molar-refractivity contribution in [3.63, 3.8) is 0 Å². The summed E-state index contributed by atoms with van der Waals surface area (Å²) < 4.78 is 29.4. The summed E-state index contributed by atoms with van der Waals surface area (Å²) in [5.41, 5.74) is 2.00. The summed E-state index contributed by atoms with van der Waals surface area (Å²) >= 11 is 1.26. The zero-order valence-corrected chi connectivity index (χ0v) is 16.7. The first-order valence-electron chi connectivity index (χ1n) is 8.21. The van der Waals surface area contributed by atoms with Crippen molar-refractivity contribution in [1.82, 2.24) is 4.72 Å². The largest absolute Gasteiger partial charge is 0.454 e. The number of ketones is 1. The molecule has 6 nitrogen and oxygen atoms in total. The van der Waals surface area contributed by atoms with Crippen molar-refractivity contribution >= 4 is 39.2 Å². The first-order chi connectivity index (χ1) is 12.7. The molecule has 0 bridgehead atoms. The number of carbonyl (C=O) groups is 2. The lowest BCUT2D eigenvalue weighted by Gasteiger charge is -2.01. The third-order valence-corrected chi connectivity index (χ3v) is 5.42. The minimum absolute atomic E-state index is 0.270. The van der Waals surface area contributed by atoms with Gasteiger partial charge in [-0.25, -0.2) is 17.9 Å². The van der Waals surface area contributed by atoms with Crippen molar-refractivity contribution in [3.8, 4) is 0 Å². The number of thiophene rings is 1. The fourth-order valence-electron chi connectivity index (χ4n) is 2.12. The van der Waals surface area contributed by atoms with Gasteiger partial charge in [-0.15, -0.1) is 11.3 Å². The molecule has 27 heavy (non-hydrogen) atoms. The molecule has 0 fully saturated rings. The molecule has 1 N–H and O–H groups in total. The molecular weight excluding hydrogens is 386 g/mol. The van der Waals surface area contributed by atoms with E-state index >= 15 is 0 Å². The van der Waals surface area contributed by atoms with Crippen LogP contribution in [-0.2, 0) is 26.0 Å². The van der Waals surface area contributed by atoms with Crippen LogP contribution in [0, 0.1) is 6.92 Å². The van der Waals surface area contributed by atoms with Gasteiger partial charge in [0.25, 0.3) is 0 Å². The van der Waals surface area contributed by atoms with E-state index in [-0.39, 0.29) is 18.9 Å². The molecule has 1 heterocycles. The lowest BCUT2D eigenvalue weighted by Crippen LogP contribution is -2.24. The van der Waals surface area contributed by atoms with E-state index < -0.39 is 16.0 Å². The Morgan fingerprint density at radius 1 is 1.15 bits per heavy atom. The molecule has 0 saturated carbocycles. The van der Waals surface area contributed by atoms with E-state index in [1.807, 2.05) is 31.2 Å². The van der Waals surface area contributed by atoms with Crippen molar-refractivity contribution in [3.05, 3.63) is 63.4 Å². The van der Waals surface area contributed by atoms with Crippen molar-refractivity contribution in [2.75, 3.05) is 19.4 Å². The average molecular weight is 408 g/mol. The zero-order valence-electron chi connectivity index (χ0n) is 15.1. The Kier molecular flexibility index (Phi) is 7.46. The molecule has 8 heteroatoms. The van der Waals surface area contributed by atoms with Crippen LogP contribution in [0.15, 0.2) is 42.5 Å². The van der Waals surface area contributed by atoms with Crippen molar-refractivity contribution < 1.29 is 22.7 Å². The summed E-state index contributed by atoms with van der Waals surface area (Å²) in [5.74, 6) is -0.877. The molecule has 0 amide bonds. The fraction of sp³-hybridized carbons (Fsp3) is 0.263. The van der Waals surface area contributed by atoms with Gasteiger partial charge >= 0.3 is 5.97 Å². The maximum absolute atomic E-state index is 12.1. The second-order valence-corrected chi connectivity index (χ2v) is 8.96.